The molecule has 0 radical (unpaired) electrons. The summed E-state index contributed by atoms with van der Waals surface area (Å²) in [6.07, 6.45) is 0. The Labute approximate surface area is 126 Å². The third-order valence-electron chi connectivity index (χ3n) is 2.64. The van der Waals surface area contributed by atoms with Gasteiger partial charge in [-0.25, -0.2) is 13.6 Å². The van der Waals surface area contributed by atoms with Crippen molar-refractivity contribution in [1.29, 1.82) is 0 Å². The molecule has 0 bridgehead atoms. The van der Waals surface area contributed by atoms with E-state index in [-0.39, 0.29) is 11.1 Å². The number of rotatable bonds is 3. The number of carboxylic acids is 1. The first-order valence-electron chi connectivity index (χ1n) is 5.42. The number of aromatic carboxylic acids is 1. The lowest BCUT2D eigenvalue weighted by Crippen LogP contribution is -2.11. The van der Waals surface area contributed by atoms with Gasteiger partial charge in [0.1, 0.15) is 0 Å². The molecule has 0 atom stereocenters. The molecule has 0 heterocycles. The molecular weight excluding hydrogens is 381 g/mol. The summed E-state index contributed by atoms with van der Waals surface area (Å²) in [5.74, 6) is -4.72. The van der Waals surface area contributed by atoms with E-state index in [4.69, 9.17) is 5.11 Å². The maximum Gasteiger partial charge on any atom is 0.336 e. The summed E-state index contributed by atoms with van der Waals surface area (Å²) in [6, 6.07) is 7.44. The van der Waals surface area contributed by atoms with E-state index < -0.39 is 29.0 Å². The number of carbonyl (C=O) groups is 2. The topological polar surface area (TPSA) is 54.4 Å². The molecule has 0 aliphatic carbocycles. The summed E-state index contributed by atoms with van der Waals surface area (Å²) in [4.78, 5) is 23.2. The summed E-state index contributed by atoms with van der Waals surface area (Å²) in [5, 5.41) is 8.98. The van der Waals surface area contributed by atoms with Gasteiger partial charge in [0.15, 0.2) is 17.4 Å². The van der Waals surface area contributed by atoms with Gasteiger partial charge in [-0.3, -0.25) is 4.79 Å². The second-order valence-corrected chi connectivity index (χ2v) is 5.20. The van der Waals surface area contributed by atoms with Gasteiger partial charge in [-0.15, -0.1) is 0 Å². The molecule has 20 heavy (non-hydrogen) atoms. The highest BCUT2D eigenvalue weighted by atomic mass is 127. The molecule has 1 N–H and O–H groups in total. The lowest BCUT2D eigenvalue weighted by molar-refractivity contribution is 0.0692. The van der Waals surface area contributed by atoms with Crippen molar-refractivity contribution in [3.63, 3.8) is 0 Å². The second-order valence-electron chi connectivity index (χ2n) is 3.95. The van der Waals surface area contributed by atoms with E-state index in [9.17, 15) is 18.4 Å². The van der Waals surface area contributed by atoms with Crippen LogP contribution < -0.4 is 0 Å². The normalized spacial score (nSPS) is 10.3. The quantitative estimate of drug-likeness (QED) is 0.647. The van der Waals surface area contributed by atoms with Crippen LogP contribution in [0.25, 0.3) is 0 Å². The van der Waals surface area contributed by atoms with Crippen molar-refractivity contribution in [2.45, 2.75) is 0 Å². The maximum atomic E-state index is 13.2. The van der Waals surface area contributed by atoms with Gasteiger partial charge in [-0.1, -0.05) is 0 Å². The van der Waals surface area contributed by atoms with Crippen LogP contribution in [0.2, 0.25) is 0 Å². The first-order valence-corrected chi connectivity index (χ1v) is 6.50. The molecule has 0 aromatic heterocycles. The Morgan fingerprint density at radius 3 is 1.95 bits per heavy atom. The van der Waals surface area contributed by atoms with Crippen molar-refractivity contribution in [2.75, 3.05) is 0 Å². The van der Waals surface area contributed by atoms with Crippen LogP contribution in [0.5, 0.6) is 0 Å². The molecule has 3 nitrogen and oxygen atoms in total. The molecular formula is C14H7F2IO3. The average Bonchev–Trinajstić information content (AvgIpc) is 2.41. The SMILES string of the molecule is O=C(O)c1cc(F)c(F)cc1C(=O)c1ccc(I)cc1. The minimum atomic E-state index is -1.49. The van der Waals surface area contributed by atoms with Crippen LogP contribution in [-0.2, 0) is 0 Å². The lowest BCUT2D eigenvalue weighted by atomic mass is 9.98. The molecule has 0 unspecified atom stereocenters. The monoisotopic (exact) mass is 388 g/mol. The van der Waals surface area contributed by atoms with E-state index in [1.165, 1.54) is 12.1 Å². The molecule has 0 fully saturated rings. The van der Waals surface area contributed by atoms with Gasteiger partial charge in [-0.05, 0) is 59.0 Å². The molecule has 0 aliphatic rings. The summed E-state index contributed by atoms with van der Waals surface area (Å²) < 4.78 is 27.2. The van der Waals surface area contributed by atoms with Crippen molar-refractivity contribution in [3.8, 4) is 0 Å². The molecule has 0 saturated heterocycles. The van der Waals surface area contributed by atoms with E-state index in [2.05, 4.69) is 0 Å². The maximum absolute atomic E-state index is 13.2. The minimum Gasteiger partial charge on any atom is -0.478 e. The third kappa shape index (κ3) is 2.84. The van der Waals surface area contributed by atoms with Gasteiger partial charge in [0.2, 0.25) is 0 Å². The van der Waals surface area contributed by atoms with Crippen molar-refractivity contribution in [3.05, 3.63) is 68.3 Å². The lowest BCUT2D eigenvalue weighted by Gasteiger charge is -2.06. The molecule has 0 amide bonds. The van der Waals surface area contributed by atoms with E-state index in [1.807, 2.05) is 22.6 Å². The molecule has 102 valence electrons. The van der Waals surface area contributed by atoms with Gasteiger partial charge in [0.25, 0.3) is 0 Å². The molecule has 0 saturated carbocycles. The molecule has 6 heteroatoms. The first kappa shape index (κ1) is 14.6. The van der Waals surface area contributed by atoms with Crippen LogP contribution in [0.4, 0.5) is 8.78 Å². The van der Waals surface area contributed by atoms with Gasteiger partial charge in [-0.2, -0.15) is 0 Å². The molecule has 2 aromatic carbocycles. The van der Waals surface area contributed by atoms with Crippen LogP contribution >= 0.6 is 22.6 Å². The zero-order chi connectivity index (χ0) is 14.9. The van der Waals surface area contributed by atoms with E-state index in [1.54, 1.807) is 12.1 Å². The largest absolute Gasteiger partial charge is 0.478 e. The van der Waals surface area contributed by atoms with Gasteiger partial charge < -0.3 is 5.11 Å². The Kier molecular flexibility index (Phi) is 4.12. The zero-order valence-electron chi connectivity index (χ0n) is 9.86. The highest BCUT2D eigenvalue weighted by Gasteiger charge is 2.21. The van der Waals surface area contributed by atoms with E-state index in [0.717, 1.165) is 3.57 Å². The van der Waals surface area contributed by atoms with E-state index >= 15 is 0 Å². The number of hydrogen-bond donors (Lipinski definition) is 1. The number of carboxylic acid groups (broad SMARTS) is 1. The fourth-order valence-electron chi connectivity index (χ4n) is 1.67. The van der Waals surface area contributed by atoms with Gasteiger partial charge in [0, 0.05) is 14.7 Å². The molecule has 0 spiro atoms. The van der Waals surface area contributed by atoms with Crippen LogP contribution in [0.3, 0.4) is 0 Å². The Hall–Kier alpha value is -1.83. The predicted molar refractivity (Wildman–Crippen MR) is 75.9 cm³/mol. The highest BCUT2D eigenvalue weighted by Crippen LogP contribution is 2.19. The van der Waals surface area contributed by atoms with Crippen LogP contribution in [0.1, 0.15) is 26.3 Å². The van der Waals surface area contributed by atoms with Crippen molar-refractivity contribution in [2.24, 2.45) is 0 Å². The fourth-order valence-corrected chi connectivity index (χ4v) is 2.03. The average molecular weight is 388 g/mol. The van der Waals surface area contributed by atoms with Crippen LogP contribution in [0, 0.1) is 15.2 Å². The molecule has 2 rings (SSSR count). The Bertz CT molecular complexity index is 696. The van der Waals surface area contributed by atoms with Gasteiger partial charge >= 0.3 is 5.97 Å². The highest BCUT2D eigenvalue weighted by molar-refractivity contribution is 14.1. The van der Waals surface area contributed by atoms with Gasteiger partial charge in [0.05, 0.1) is 5.56 Å². The number of benzene rings is 2. The Morgan fingerprint density at radius 2 is 1.45 bits per heavy atom. The minimum absolute atomic E-state index is 0.207. The summed E-state index contributed by atoms with van der Waals surface area (Å²) in [7, 11) is 0. The van der Waals surface area contributed by atoms with Crippen molar-refractivity contribution < 1.29 is 23.5 Å². The van der Waals surface area contributed by atoms with Crippen molar-refractivity contribution >= 4 is 34.3 Å². The Morgan fingerprint density at radius 1 is 0.950 bits per heavy atom. The summed E-state index contributed by atoms with van der Waals surface area (Å²) in [6.45, 7) is 0. The number of hydrogen-bond acceptors (Lipinski definition) is 2. The van der Waals surface area contributed by atoms with Crippen molar-refractivity contribution in [1.82, 2.24) is 0 Å². The smallest absolute Gasteiger partial charge is 0.336 e. The third-order valence-corrected chi connectivity index (χ3v) is 3.36. The molecule has 2 aromatic rings. The summed E-state index contributed by atoms with van der Waals surface area (Å²) in [5.41, 5.74) is -0.732. The number of carbonyl (C=O) groups excluding carboxylic acids is 1. The Balaban J connectivity index is 2.56. The fraction of sp³-hybridized carbons (Fsp3) is 0. The second kappa shape index (κ2) is 5.66. The summed E-state index contributed by atoms with van der Waals surface area (Å²) >= 11 is 2.05. The predicted octanol–water partition coefficient (Wildman–Crippen LogP) is 3.50. The van der Waals surface area contributed by atoms with Crippen LogP contribution in [-0.4, -0.2) is 16.9 Å². The molecule has 0 aliphatic heterocycles. The van der Waals surface area contributed by atoms with Crippen LogP contribution in [0.15, 0.2) is 36.4 Å². The van der Waals surface area contributed by atoms with E-state index in [0.29, 0.717) is 12.1 Å². The number of halogens is 3. The standard InChI is InChI=1S/C14H7F2IO3/c15-11-5-9(10(14(19)20)6-12(11)16)13(18)7-1-3-8(17)4-2-7/h1-6H,(H,19,20). The number of ketones is 1. The zero-order valence-corrected chi connectivity index (χ0v) is 12.0. The first-order chi connectivity index (χ1) is 9.40.